The SMILES string of the molecule is CC(O)C1CCN(C(=O)C2CCCNC2)C1. The Morgan fingerprint density at radius 3 is 2.88 bits per heavy atom. The van der Waals surface area contributed by atoms with Gasteiger partial charge in [-0.1, -0.05) is 0 Å². The highest BCUT2D eigenvalue weighted by molar-refractivity contribution is 5.79. The molecule has 0 bridgehead atoms. The summed E-state index contributed by atoms with van der Waals surface area (Å²) in [5, 5.41) is 12.8. The molecule has 2 heterocycles. The molecule has 0 aromatic heterocycles. The predicted octanol–water partition coefficient (Wildman–Crippen LogP) is 0.215. The van der Waals surface area contributed by atoms with E-state index in [0.717, 1.165) is 45.4 Å². The molecule has 0 spiro atoms. The molecule has 0 aliphatic carbocycles. The van der Waals surface area contributed by atoms with Crippen LogP contribution in [0.25, 0.3) is 0 Å². The minimum atomic E-state index is -0.290. The maximum absolute atomic E-state index is 12.2. The van der Waals surface area contributed by atoms with Gasteiger partial charge in [0.05, 0.1) is 12.0 Å². The number of amides is 1. The van der Waals surface area contributed by atoms with E-state index in [1.165, 1.54) is 0 Å². The Hall–Kier alpha value is -0.610. The van der Waals surface area contributed by atoms with Gasteiger partial charge in [0.15, 0.2) is 0 Å². The van der Waals surface area contributed by atoms with E-state index >= 15 is 0 Å². The van der Waals surface area contributed by atoms with E-state index in [2.05, 4.69) is 5.32 Å². The van der Waals surface area contributed by atoms with E-state index in [1.807, 2.05) is 11.8 Å². The van der Waals surface area contributed by atoms with Gasteiger partial charge in [-0.3, -0.25) is 4.79 Å². The van der Waals surface area contributed by atoms with Crippen LogP contribution in [0.3, 0.4) is 0 Å². The molecule has 4 nitrogen and oxygen atoms in total. The summed E-state index contributed by atoms with van der Waals surface area (Å²) in [7, 11) is 0. The molecule has 2 aliphatic rings. The van der Waals surface area contributed by atoms with Gasteiger partial charge in [0.1, 0.15) is 0 Å². The number of piperidine rings is 1. The number of carbonyl (C=O) groups excluding carboxylic acids is 1. The van der Waals surface area contributed by atoms with E-state index in [9.17, 15) is 9.90 Å². The van der Waals surface area contributed by atoms with Gasteiger partial charge in [-0.15, -0.1) is 0 Å². The number of rotatable bonds is 2. The van der Waals surface area contributed by atoms with Crippen LogP contribution < -0.4 is 5.32 Å². The normalized spacial score (nSPS) is 32.8. The number of hydrogen-bond acceptors (Lipinski definition) is 3. The van der Waals surface area contributed by atoms with E-state index in [0.29, 0.717) is 0 Å². The number of carbonyl (C=O) groups is 1. The number of aliphatic hydroxyl groups excluding tert-OH is 1. The lowest BCUT2D eigenvalue weighted by molar-refractivity contribution is -0.135. The van der Waals surface area contributed by atoms with E-state index in [-0.39, 0.29) is 23.8 Å². The molecule has 3 unspecified atom stereocenters. The van der Waals surface area contributed by atoms with E-state index < -0.39 is 0 Å². The fraction of sp³-hybridized carbons (Fsp3) is 0.917. The average Bonchev–Trinajstić information content (AvgIpc) is 2.78. The number of likely N-dealkylation sites (tertiary alicyclic amines) is 1. The molecule has 4 heteroatoms. The Labute approximate surface area is 97.0 Å². The third kappa shape index (κ3) is 2.55. The molecule has 3 atom stereocenters. The summed E-state index contributed by atoms with van der Waals surface area (Å²) in [6.45, 7) is 5.26. The van der Waals surface area contributed by atoms with Crippen LogP contribution in [-0.2, 0) is 4.79 Å². The second kappa shape index (κ2) is 5.15. The molecule has 92 valence electrons. The van der Waals surface area contributed by atoms with E-state index in [4.69, 9.17) is 0 Å². The molecule has 0 aromatic carbocycles. The van der Waals surface area contributed by atoms with Gasteiger partial charge < -0.3 is 15.3 Å². The fourth-order valence-corrected chi connectivity index (χ4v) is 2.70. The van der Waals surface area contributed by atoms with Crippen molar-refractivity contribution in [1.82, 2.24) is 10.2 Å². The van der Waals surface area contributed by atoms with Crippen LogP contribution in [0.2, 0.25) is 0 Å². The summed E-state index contributed by atoms with van der Waals surface area (Å²) in [6, 6.07) is 0. The molecule has 1 amide bonds. The molecular weight excluding hydrogens is 204 g/mol. The third-order valence-electron chi connectivity index (χ3n) is 3.86. The second-order valence-electron chi connectivity index (χ2n) is 5.12. The molecule has 0 saturated carbocycles. The Morgan fingerprint density at radius 1 is 1.50 bits per heavy atom. The smallest absolute Gasteiger partial charge is 0.226 e. The van der Waals surface area contributed by atoms with Gasteiger partial charge in [0.2, 0.25) is 5.91 Å². The van der Waals surface area contributed by atoms with Crippen LogP contribution in [0.15, 0.2) is 0 Å². The van der Waals surface area contributed by atoms with Crippen molar-refractivity contribution in [2.24, 2.45) is 11.8 Å². The molecule has 0 aromatic rings. The summed E-state index contributed by atoms with van der Waals surface area (Å²) < 4.78 is 0. The van der Waals surface area contributed by atoms with Crippen molar-refractivity contribution in [3.05, 3.63) is 0 Å². The van der Waals surface area contributed by atoms with Crippen molar-refractivity contribution in [1.29, 1.82) is 0 Å². The maximum Gasteiger partial charge on any atom is 0.226 e. The molecule has 2 aliphatic heterocycles. The van der Waals surface area contributed by atoms with E-state index in [1.54, 1.807) is 0 Å². The van der Waals surface area contributed by atoms with Gasteiger partial charge in [-0.05, 0) is 32.7 Å². The summed E-state index contributed by atoms with van der Waals surface area (Å²) in [6.07, 6.45) is 2.78. The van der Waals surface area contributed by atoms with Gasteiger partial charge >= 0.3 is 0 Å². The summed E-state index contributed by atoms with van der Waals surface area (Å²) >= 11 is 0. The monoisotopic (exact) mass is 226 g/mol. The number of aliphatic hydroxyl groups is 1. The molecule has 2 rings (SSSR count). The first-order chi connectivity index (χ1) is 7.68. The second-order valence-corrected chi connectivity index (χ2v) is 5.12. The van der Waals surface area contributed by atoms with Crippen LogP contribution in [0.4, 0.5) is 0 Å². The Kier molecular flexibility index (Phi) is 3.82. The van der Waals surface area contributed by atoms with Crippen LogP contribution in [0.1, 0.15) is 26.2 Å². The minimum absolute atomic E-state index is 0.168. The zero-order valence-corrected chi connectivity index (χ0v) is 9.98. The quantitative estimate of drug-likeness (QED) is 0.708. The molecule has 0 radical (unpaired) electrons. The molecule has 16 heavy (non-hydrogen) atoms. The Morgan fingerprint density at radius 2 is 2.31 bits per heavy atom. The highest BCUT2D eigenvalue weighted by Crippen LogP contribution is 2.23. The van der Waals surface area contributed by atoms with Gasteiger partial charge in [-0.2, -0.15) is 0 Å². The highest BCUT2D eigenvalue weighted by Gasteiger charge is 2.32. The van der Waals surface area contributed by atoms with Crippen LogP contribution in [0, 0.1) is 11.8 Å². The summed E-state index contributed by atoms with van der Waals surface area (Å²) in [5.41, 5.74) is 0. The first-order valence-electron chi connectivity index (χ1n) is 6.36. The van der Waals surface area contributed by atoms with Gasteiger partial charge in [-0.25, -0.2) is 0 Å². The summed E-state index contributed by atoms with van der Waals surface area (Å²) in [4.78, 5) is 14.1. The topological polar surface area (TPSA) is 52.6 Å². The molecule has 2 saturated heterocycles. The fourth-order valence-electron chi connectivity index (χ4n) is 2.70. The van der Waals surface area contributed by atoms with Gasteiger partial charge in [0, 0.05) is 25.6 Å². The lowest BCUT2D eigenvalue weighted by atomic mass is 9.98. The maximum atomic E-state index is 12.2. The predicted molar refractivity (Wildman–Crippen MR) is 62.0 cm³/mol. The van der Waals surface area contributed by atoms with Crippen LogP contribution in [-0.4, -0.2) is 48.2 Å². The van der Waals surface area contributed by atoms with Crippen molar-refractivity contribution in [3.8, 4) is 0 Å². The van der Waals surface area contributed by atoms with Crippen molar-refractivity contribution in [3.63, 3.8) is 0 Å². The molecular formula is C12H22N2O2. The van der Waals surface area contributed by atoms with Crippen molar-refractivity contribution >= 4 is 5.91 Å². The Balaban J connectivity index is 1.86. The van der Waals surface area contributed by atoms with Gasteiger partial charge in [0.25, 0.3) is 0 Å². The van der Waals surface area contributed by atoms with Crippen LogP contribution in [0.5, 0.6) is 0 Å². The number of nitrogens with zero attached hydrogens (tertiary/aromatic N) is 1. The number of nitrogens with one attached hydrogen (secondary N) is 1. The lowest BCUT2D eigenvalue weighted by Crippen LogP contribution is -2.42. The van der Waals surface area contributed by atoms with Crippen molar-refractivity contribution in [2.45, 2.75) is 32.3 Å². The zero-order valence-electron chi connectivity index (χ0n) is 9.98. The van der Waals surface area contributed by atoms with Crippen molar-refractivity contribution in [2.75, 3.05) is 26.2 Å². The van der Waals surface area contributed by atoms with Crippen molar-refractivity contribution < 1.29 is 9.90 Å². The van der Waals surface area contributed by atoms with Crippen LogP contribution >= 0.6 is 0 Å². The Bertz CT molecular complexity index is 249. The standard InChI is InChI=1S/C12H22N2O2/c1-9(15)11-4-6-14(8-11)12(16)10-3-2-5-13-7-10/h9-11,13,15H,2-8H2,1H3. The lowest BCUT2D eigenvalue weighted by Gasteiger charge is -2.27. The minimum Gasteiger partial charge on any atom is -0.393 e. The molecule has 2 N–H and O–H groups in total. The first kappa shape index (κ1) is 11.9. The summed E-state index contributed by atoms with van der Waals surface area (Å²) in [5.74, 6) is 0.734. The number of hydrogen-bond donors (Lipinski definition) is 2. The highest BCUT2D eigenvalue weighted by atomic mass is 16.3. The molecule has 2 fully saturated rings. The largest absolute Gasteiger partial charge is 0.393 e. The third-order valence-corrected chi connectivity index (χ3v) is 3.86. The first-order valence-corrected chi connectivity index (χ1v) is 6.36. The average molecular weight is 226 g/mol. The zero-order chi connectivity index (χ0) is 11.5.